The van der Waals surface area contributed by atoms with E-state index in [2.05, 4.69) is 20.3 Å². The number of nitrogens with zero attached hydrogens (tertiary/aromatic N) is 5. The lowest BCUT2D eigenvalue weighted by molar-refractivity contribution is -0.138. The van der Waals surface area contributed by atoms with Gasteiger partial charge in [0.05, 0.1) is 50.4 Å². The molecule has 1 saturated heterocycles. The van der Waals surface area contributed by atoms with Gasteiger partial charge in [0, 0.05) is 33.3 Å². The van der Waals surface area contributed by atoms with E-state index in [1.54, 1.807) is 16.2 Å². The molecule has 3 heterocycles. The van der Waals surface area contributed by atoms with Crippen molar-refractivity contribution in [3.05, 3.63) is 33.3 Å². The highest BCUT2D eigenvalue weighted by Crippen LogP contribution is 2.31. The summed E-state index contributed by atoms with van der Waals surface area (Å²) >= 11 is 1.30. The Hall–Kier alpha value is -3.22. The highest BCUT2D eigenvalue weighted by molar-refractivity contribution is 7.16. The van der Waals surface area contributed by atoms with Gasteiger partial charge in [-0.3, -0.25) is 9.59 Å². The largest absolute Gasteiger partial charge is 0.423 e. The van der Waals surface area contributed by atoms with Crippen LogP contribution in [-0.2, 0) is 20.4 Å². The van der Waals surface area contributed by atoms with Crippen LogP contribution < -0.4 is 15.8 Å². The van der Waals surface area contributed by atoms with Crippen molar-refractivity contribution in [1.82, 2.24) is 20.1 Å². The Morgan fingerprint density at radius 3 is 2.69 bits per heavy atom. The number of nitriles is 1. The minimum absolute atomic E-state index is 0.00505. The molecule has 0 bridgehead atoms. The standard InChI is InChI=1S/C20H24F3N7O4S/c1-33-11-13(27-14-9-26-28-19(32)18(14)20(21,22)23)12-34-7-2-16(31)29-3-5-30(6-4-29)17-10-25-15(8-24)35-17/h9-10,13H,2-7,11-12H2,1H3,(H2,27,28,32)/t13-/m0/s1. The highest BCUT2D eigenvalue weighted by Gasteiger charge is 2.37. The van der Waals surface area contributed by atoms with Crippen molar-refractivity contribution in [3.63, 3.8) is 0 Å². The first-order valence-electron chi connectivity index (χ1n) is 10.6. The van der Waals surface area contributed by atoms with Crippen molar-refractivity contribution in [3.8, 4) is 6.07 Å². The molecular formula is C20H24F3N7O4S. The summed E-state index contributed by atoms with van der Waals surface area (Å²) in [6, 6.07) is 1.30. The second kappa shape index (κ2) is 12.0. The molecule has 1 aliphatic rings. The van der Waals surface area contributed by atoms with E-state index < -0.39 is 29.0 Å². The molecule has 190 valence electrons. The number of hydrogen-bond acceptors (Lipinski definition) is 10. The van der Waals surface area contributed by atoms with Gasteiger partial charge in [-0.2, -0.15) is 23.5 Å². The van der Waals surface area contributed by atoms with E-state index in [0.717, 1.165) is 11.2 Å². The Bertz CT molecular complexity index is 1090. The zero-order valence-corrected chi connectivity index (χ0v) is 19.6. The SMILES string of the molecule is COC[C@@H](COCCC(=O)N1CCN(c2cnc(C#N)s2)CC1)Nc1cn[nH]c(=O)c1C(F)(F)F. The highest BCUT2D eigenvalue weighted by atomic mass is 32.1. The lowest BCUT2D eigenvalue weighted by atomic mass is 10.2. The molecule has 2 aromatic rings. The van der Waals surface area contributed by atoms with E-state index in [9.17, 15) is 22.8 Å². The number of thiazole rings is 1. The fourth-order valence-corrected chi connectivity index (χ4v) is 4.29. The third kappa shape index (κ3) is 7.13. The lowest BCUT2D eigenvalue weighted by Gasteiger charge is -2.35. The monoisotopic (exact) mass is 515 g/mol. The number of alkyl halides is 3. The number of methoxy groups -OCH3 is 1. The number of piperazine rings is 1. The summed E-state index contributed by atoms with van der Waals surface area (Å²) in [5, 5.41) is 18.0. The summed E-state index contributed by atoms with van der Waals surface area (Å²) in [5.74, 6) is -0.0962. The molecule has 11 nitrogen and oxygen atoms in total. The molecule has 0 unspecified atom stereocenters. The lowest BCUT2D eigenvalue weighted by Crippen LogP contribution is -2.48. The summed E-state index contributed by atoms with van der Waals surface area (Å²) in [6.45, 7) is 2.29. The number of ether oxygens (including phenoxy) is 2. The zero-order chi connectivity index (χ0) is 25.4. The van der Waals surface area contributed by atoms with Gasteiger partial charge in [0.15, 0.2) is 5.01 Å². The van der Waals surface area contributed by atoms with Gasteiger partial charge in [0.1, 0.15) is 16.6 Å². The molecule has 2 N–H and O–H groups in total. The van der Waals surface area contributed by atoms with Crippen molar-refractivity contribution < 1.29 is 27.4 Å². The Morgan fingerprint density at radius 2 is 2.06 bits per heavy atom. The molecule has 0 spiro atoms. The topological polar surface area (TPSA) is 136 Å². The van der Waals surface area contributed by atoms with Gasteiger partial charge in [0.25, 0.3) is 5.56 Å². The summed E-state index contributed by atoms with van der Waals surface area (Å²) in [7, 11) is 1.38. The van der Waals surface area contributed by atoms with E-state index in [1.165, 1.54) is 18.4 Å². The number of rotatable bonds is 10. The van der Waals surface area contributed by atoms with Crippen molar-refractivity contribution >= 4 is 27.9 Å². The molecule has 0 radical (unpaired) electrons. The molecule has 0 aromatic carbocycles. The molecule has 2 aromatic heterocycles. The van der Waals surface area contributed by atoms with Crippen molar-refractivity contribution in [2.24, 2.45) is 0 Å². The summed E-state index contributed by atoms with van der Waals surface area (Å²) in [5.41, 5.74) is -3.22. The number of anilines is 2. The third-order valence-corrected chi connectivity index (χ3v) is 6.14. The number of carbonyl (C=O) groups excluding carboxylic acids is 1. The zero-order valence-electron chi connectivity index (χ0n) is 18.8. The summed E-state index contributed by atoms with van der Waals surface area (Å²) in [6.07, 6.45) is -2.23. The van der Waals surface area contributed by atoms with Crippen LogP contribution in [0.2, 0.25) is 0 Å². The molecule has 0 saturated carbocycles. The molecule has 1 amide bonds. The third-order valence-electron chi connectivity index (χ3n) is 5.18. The van der Waals surface area contributed by atoms with Crippen LogP contribution in [0.3, 0.4) is 0 Å². The number of H-pyrrole nitrogens is 1. The van der Waals surface area contributed by atoms with Crippen LogP contribution in [0, 0.1) is 11.3 Å². The van der Waals surface area contributed by atoms with Gasteiger partial charge in [-0.15, -0.1) is 0 Å². The van der Waals surface area contributed by atoms with Gasteiger partial charge in [-0.25, -0.2) is 10.1 Å². The maximum absolute atomic E-state index is 13.2. The van der Waals surface area contributed by atoms with E-state index >= 15 is 0 Å². The number of aromatic nitrogens is 3. The number of hydrogen-bond donors (Lipinski definition) is 2. The van der Waals surface area contributed by atoms with Crippen molar-refractivity contribution in [2.75, 3.05) is 63.3 Å². The summed E-state index contributed by atoms with van der Waals surface area (Å²) in [4.78, 5) is 31.9. The normalized spacial score (nSPS) is 15.1. The Morgan fingerprint density at radius 1 is 1.31 bits per heavy atom. The molecule has 0 aliphatic carbocycles. The number of nitrogens with one attached hydrogen (secondary N) is 2. The van der Waals surface area contributed by atoms with Crippen LogP contribution in [-0.4, -0.2) is 85.1 Å². The maximum Gasteiger partial charge on any atom is 0.423 e. The first-order valence-corrected chi connectivity index (χ1v) is 11.4. The fourth-order valence-electron chi connectivity index (χ4n) is 3.52. The van der Waals surface area contributed by atoms with E-state index in [0.29, 0.717) is 31.2 Å². The first-order chi connectivity index (χ1) is 16.7. The van der Waals surface area contributed by atoms with Gasteiger partial charge < -0.3 is 24.6 Å². The molecule has 1 aliphatic heterocycles. The molecule has 15 heteroatoms. The van der Waals surface area contributed by atoms with E-state index in [1.807, 2.05) is 6.07 Å². The number of amides is 1. The quantitative estimate of drug-likeness (QED) is 0.449. The average molecular weight is 516 g/mol. The van der Waals surface area contributed by atoms with Crippen LogP contribution in [0.1, 0.15) is 17.0 Å². The van der Waals surface area contributed by atoms with Gasteiger partial charge >= 0.3 is 6.18 Å². The molecule has 3 rings (SSSR count). The van der Waals surface area contributed by atoms with Gasteiger partial charge in [-0.1, -0.05) is 11.3 Å². The minimum Gasteiger partial charge on any atom is -0.382 e. The minimum atomic E-state index is -4.87. The second-order valence-corrected chi connectivity index (χ2v) is 8.60. The predicted molar refractivity (Wildman–Crippen MR) is 120 cm³/mol. The van der Waals surface area contributed by atoms with Crippen LogP contribution in [0.15, 0.2) is 17.2 Å². The van der Waals surface area contributed by atoms with Gasteiger partial charge in [-0.05, 0) is 0 Å². The van der Waals surface area contributed by atoms with E-state index in [4.69, 9.17) is 14.7 Å². The van der Waals surface area contributed by atoms with Gasteiger partial charge in [0.2, 0.25) is 5.91 Å². The van der Waals surface area contributed by atoms with Crippen LogP contribution in [0.4, 0.5) is 23.9 Å². The molecule has 35 heavy (non-hydrogen) atoms. The van der Waals surface area contributed by atoms with Crippen molar-refractivity contribution in [1.29, 1.82) is 5.26 Å². The fraction of sp³-hybridized carbons (Fsp3) is 0.550. The smallest absolute Gasteiger partial charge is 0.382 e. The van der Waals surface area contributed by atoms with Crippen LogP contribution >= 0.6 is 11.3 Å². The number of aromatic amines is 1. The average Bonchev–Trinajstić information content (AvgIpc) is 3.30. The summed E-state index contributed by atoms with van der Waals surface area (Å²) < 4.78 is 50.3. The predicted octanol–water partition coefficient (Wildman–Crippen LogP) is 1.30. The molecule has 1 atom stereocenters. The first kappa shape index (κ1) is 26.4. The number of carbonyl (C=O) groups is 1. The van der Waals surface area contributed by atoms with Crippen molar-refractivity contribution in [2.45, 2.75) is 18.6 Å². The van der Waals surface area contributed by atoms with Crippen LogP contribution in [0.5, 0.6) is 0 Å². The number of halogens is 3. The maximum atomic E-state index is 13.2. The Balaban J connectivity index is 1.45. The molecular weight excluding hydrogens is 491 g/mol. The second-order valence-electron chi connectivity index (χ2n) is 7.59. The molecule has 1 fully saturated rings. The Labute approximate surface area is 202 Å². The van der Waals surface area contributed by atoms with E-state index in [-0.39, 0.29) is 32.1 Å². The Kier molecular flexibility index (Phi) is 9.01. The van der Waals surface area contributed by atoms with Crippen LogP contribution in [0.25, 0.3) is 0 Å².